The molecule has 1 atom stereocenters. The molecule has 2 aromatic carbocycles. The van der Waals surface area contributed by atoms with E-state index in [1.54, 1.807) is 7.11 Å². The summed E-state index contributed by atoms with van der Waals surface area (Å²) in [5.41, 5.74) is 3.77. The Morgan fingerprint density at radius 2 is 1.76 bits per heavy atom. The molecule has 1 unspecified atom stereocenters. The monoisotopic (exact) mass is 411 g/mol. The molecule has 21 heavy (non-hydrogen) atoms. The van der Waals surface area contributed by atoms with Crippen molar-refractivity contribution < 1.29 is 4.74 Å². The molecule has 0 heterocycles. The van der Waals surface area contributed by atoms with Gasteiger partial charge in [-0.25, -0.2) is 0 Å². The van der Waals surface area contributed by atoms with Gasteiger partial charge in [0.2, 0.25) is 0 Å². The molecule has 0 aromatic heterocycles. The minimum Gasteiger partial charge on any atom is -0.496 e. The smallest absolute Gasteiger partial charge is 0.122 e. The zero-order chi connectivity index (χ0) is 15.4. The number of hydrogen-bond donors (Lipinski definition) is 1. The molecule has 0 bridgehead atoms. The molecule has 2 nitrogen and oxygen atoms in total. The number of rotatable bonds is 5. The fourth-order valence-electron chi connectivity index (χ4n) is 2.48. The maximum Gasteiger partial charge on any atom is 0.122 e. The topological polar surface area (TPSA) is 21.3 Å². The molecule has 0 radical (unpaired) electrons. The molecule has 0 aliphatic carbocycles. The molecule has 0 aliphatic heterocycles. The first-order chi connectivity index (χ1) is 10.0. The zero-order valence-corrected chi connectivity index (χ0v) is 15.6. The van der Waals surface area contributed by atoms with Crippen LogP contribution in [-0.4, -0.2) is 14.2 Å². The maximum atomic E-state index is 5.48. The van der Waals surface area contributed by atoms with Crippen molar-refractivity contribution in [2.45, 2.75) is 19.4 Å². The Hall–Kier alpha value is -0.840. The minimum atomic E-state index is 0.241. The van der Waals surface area contributed by atoms with Crippen molar-refractivity contribution in [3.05, 3.63) is 62.0 Å². The van der Waals surface area contributed by atoms with E-state index < -0.39 is 0 Å². The van der Waals surface area contributed by atoms with Gasteiger partial charge in [-0.3, -0.25) is 0 Å². The molecular formula is C17H19Br2NO. The van der Waals surface area contributed by atoms with Gasteiger partial charge in [-0.15, -0.1) is 0 Å². The van der Waals surface area contributed by atoms with Gasteiger partial charge in [0.05, 0.1) is 7.11 Å². The van der Waals surface area contributed by atoms with E-state index in [9.17, 15) is 0 Å². The van der Waals surface area contributed by atoms with Crippen molar-refractivity contribution >= 4 is 31.9 Å². The van der Waals surface area contributed by atoms with Crippen LogP contribution in [-0.2, 0) is 6.42 Å². The van der Waals surface area contributed by atoms with Crippen LogP contribution in [0, 0.1) is 6.92 Å². The summed E-state index contributed by atoms with van der Waals surface area (Å²) in [6.07, 6.45) is 0.871. The third-order valence-electron chi connectivity index (χ3n) is 3.63. The lowest BCUT2D eigenvalue weighted by Crippen LogP contribution is -2.20. The first kappa shape index (κ1) is 16.5. The van der Waals surface area contributed by atoms with Crippen LogP contribution >= 0.6 is 31.9 Å². The second kappa shape index (κ2) is 7.43. The van der Waals surface area contributed by atoms with E-state index in [-0.39, 0.29) is 6.04 Å². The van der Waals surface area contributed by atoms with Gasteiger partial charge < -0.3 is 10.1 Å². The van der Waals surface area contributed by atoms with Gasteiger partial charge in [0.15, 0.2) is 0 Å². The number of aryl methyl sites for hydroxylation is 1. The molecular weight excluding hydrogens is 394 g/mol. The van der Waals surface area contributed by atoms with Crippen molar-refractivity contribution in [1.82, 2.24) is 5.32 Å². The normalized spacial score (nSPS) is 12.2. The summed E-state index contributed by atoms with van der Waals surface area (Å²) in [4.78, 5) is 0. The Bertz CT molecular complexity index is 628. The summed E-state index contributed by atoms with van der Waals surface area (Å²) in [6, 6.07) is 12.8. The third kappa shape index (κ3) is 4.09. The van der Waals surface area contributed by atoms with Gasteiger partial charge >= 0.3 is 0 Å². The van der Waals surface area contributed by atoms with E-state index >= 15 is 0 Å². The van der Waals surface area contributed by atoms with Crippen LogP contribution in [0.4, 0.5) is 0 Å². The van der Waals surface area contributed by atoms with Gasteiger partial charge in [0.25, 0.3) is 0 Å². The first-order valence-corrected chi connectivity index (χ1v) is 8.39. The Kier molecular flexibility index (Phi) is 5.85. The number of nitrogens with one attached hydrogen (secondary N) is 1. The largest absolute Gasteiger partial charge is 0.496 e. The fraction of sp³-hybridized carbons (Fsp3) is 0.294. The molecule has 0 aliphatic rings. The molecule has 0 spiro atoms. The molecule has 2 aromatic rings. The van der Waals surface area contributed by atoms with Gasteiger partial charge in [0.1, 0.15) is 5.75 Å². The van der Waals surface area contributed by atoms with E-state index in [2.05, 4.69) is 68.4 Å². The summed E-state index contributed by atoms with van der Waals surface area (Å²) in [5.74, 6) is 0.922. The SMILES string of the molecule is CNC(Cc1cc(Br)ccc1OC)c1cc(Br)ccc1C. The van der Waals surface area contributed by atoms with Gasteiger partial charge in [0, 0.05) is 15.0 Å². The average Bonchev–Trinajstić information content (AvgIpc) is 2.47. The number of ether oxygens (including phenoxy) is 1. The number of halogens is 2. The highest BCUT2D eigenvalue weighted by Gasteiger charge is 2.15. The number of likely N-dealkylation sites (N-methyl/N-ethyl adjacent to an activating group) is 1. The van der Waals surface area contributed by atoms with Crippen LogP contribution in [0.3, 0.4) is 0 Å². The average molecular weight is 413 g/mol. The lowest BCUT2D eigenvalue weighted by molar-refractivity contribution is 0.406. The van der Waals surface area contributed by atoms with Gasteiger partial charge in [-0.05, 0) is 67.4 Å². The summed E-state index contributed by atoms with van der Waals surface area (Å²) in [7, 11) is 3.71. The van der Waals surface area contributed by atoms with Gasteiger partial charge in [-0.1, -0.05) is 37.9 Å². The Morgan fingerprint density at radius 1 is 1.10 bits per heavy atom. The van der Waals surface area contributed by atoms with Crippen molar-refractivity contribution in [1.29, 1.82) is 0 Å². The first-order valence-electron chi connectivity index (χ1n) is 6.81. The van der Waals surface area contributed by atoms with Crippen LogP contribution in [0.1, 0.15) is 22.7 Å². The standard InChI is InChI=1S/C17H19Br2NO/c1-11-4-5-14(19)10-15(11)16(20-2)9-12-8-13(18)6-7-17(12)21-3/h4-8,10,16,20H,9H2,1-3H3. The Balaban J connectivity index is 2.35. The molecule has 0 saturated carbocycles. The van der Waals surface area contributed by atoms with Gasteiger partial charge in [-0.2, -0.15) is 0 Å². The zero-order valence-electron chi connectivity index (χ0n) is 12.4. The number of hydrogen-bond acceptors (Lipinski definition) is 2. The van der Waals surface area contributed by atoms with Crippen molar-refractivity contribution in [2.75, 3.05) is 14.2 Å². The molecule has 0 amide bonds. The van der Waals surface area contributed by atoms with E-state index in [0.717, 1.165) is 21.1 Å². The number of benzene rings is 2. The Morgan fingerprint density at radius 3 is 2.43 bits per heavy atom. The van der Waals surface area contributed by atoms with Crippen molar-refractivity contribution in [3.63, 3.8) is 0 Å². The predicted molar refractivity (Wildman–Crippen MR) is 95.1 cm³/mol. The molecule has 0 fully saturated rings. The molecule has 0 saturated heterocycles. The highest BCUT2D eigenvalue weighted by Crippen LogP contribution is 2.30. The van der Waals surface area contributed by atoms with Crippen molar-refractivity contribution in [2.24, 2.45) is 0 Å². The minimum absolute atomic E-state index is 0.241. The van der Waals surface area contributed by atoms with E-state index in [4.69, 9.17) is 4.74 Å². The second-order valence-electron chi connectivity index (χ2n) is 5.00. The highest BCUT2D eigenvalue weighted by molar-refractivity contribution is 9.10. The quantitative estimate of drug-likeness (QED) is 0.743. The highest BCUT2D eigenvalue weighted by atomic mass is 79.9. The summed E-state index contributed by atoms with van der Waals surface area (Å²) < 4.78 is 7.65. The lowest BCUT2D eigenvalue weighted by atomic mass is 9.95. The van der Waals surface area contributed by atoms with Crippen LogP contribution < -0.4 is 10.1 Å². The molecule has 1 N–H and O–H groups in total. The molecule has 4 heteroatoms. The second-order valence-corrected chi connectivity index (χ2v) is 6.83. The van der Waals surface area contributed by atoms with E-state index in [1.165, 1.54) is 16.7 Å². The van der Waals surface area contributed by atoms with Crippen molar-refractivity contribution in [3.8, 4) is 5.75 Å². The fourth-order valence-corrected chi connectivity index (χ4v) is 3.27. The predicted octanol–water partition coefficient (Wildman–Crippen LogP) is 5.03. The van der Waals surface area contributed by atoms with Crippen LogP contribution in [0.25, 0.3) is 0 Å². The maximum absolute atomic E-state index is 5.48. The third-order valence-corrected chi connectivity index (χ3v) is 4.62. The van der Waals surface area contributed by atoms with Crippen LogP contribution in [0.15, 0.2) is 45.3 Å². The lowest BCUT2D eigenvalue weighted by Gasteiger charge is -2.21. The number of methoxy groups -OCH3 is 1. The molecule has 112 valence electrons. The van der Waals surface area contributed by atoms with E-state index in [0.29, 0.717) is 0 Å². The van der Waals surface area contributed by atoms with Crippen LogP contribution in [0.5, 0.6) is 5.75 Å². The van der Waals surface area contributed by atoms with Crippen LogP contribution in [0.2, 0.25) is 0 Å². The summed E-state index contributed by atoms with van der Waals surface area (Å²) in [6.45, 7) is 2.14. The van der Waals surface area contributed by atoms with E-state index in [1.807, 2.05) is 19.2 Å². The Labute approximate surface area is 143 Å². The molecule has 2 rings (SSSR count). The summed E-state index contributed by atoms with van der Waals surface area (Å²) in [5, 5.41) is 3.41. The summed E-state index contributed by atoms with van der Waals surface area (Å²) >= 11 is 7.10.